The largest absolute Gasteiger partial charge is 0.493 e. The lowest BCUT2D eigenvalue weighted by molar-refractivity contribution is 0.173. The molecule has 0 aliphatic carbocycles. The predicted octanol–water partition coefficient (Wildman–Crippen LogP) is 3.33. The van der Waals surface area contributed by atoms with Gasteiger partial charge in [0.25, 0.3) is 0 Å². The van der Waals surface area contributed by atoms with Crippen LogP contribution in [-0.4, -0.2) is 26.4 Å². The van der Waals surface area contributed by atoms with Gasteiger partial charge in [-0.25, -0.2) is 4.39 Å². The first-order valence-electron chi connectivity index (χ1n) is 9.83. The summed E-state index contributed by atoms with van der Waals surface area (Å²) in [5.41, 5.74) is 0.676. The van der Waals surface area contributed by atoms with Crippen LogP contribution in [0.4, 0.5) is 4.39 Å². The number of benzene rings is 2. The van der Waals surface area contributed by atoms with Crippen molar-refractivity contribution in [1.82, 2.24) is 5.32 Å². The second-order valence-electron chi connectivity index (χ2n) is 5.76. The minimum absolute atomic E-state index is 0.0489. The van der Waals surface area contributed by atoms with Crippen molar-refractivity contribution in [3.8, 4) is 17.2 Å². The molecule has 2 aromatic rings. The third-order valence-corrected chi connectivity index (χ3v) is 4.22. The maximum absolute atomic E-state index is 13.3. The number of ether oxygens (including phenoxy) is 3. The van der Waals surface area contributed by atoms with Crippen LogP contribution in [0.3, 0.4) is 0 Å². The van der Waals surface area contributed by atoms with Gasteiger partial charge in [-0.3, -0.25) is 0 Å². The second-order valence-corrected chi connectivity index (χ2v) is 5.76. The van der Waals surface area contributed by atoms with Crippen molar-refractivity contribution >= 4 is 0 Å². The van der Waals surface area contributed by atoms with E-state index < -0.39 is 30.7 Å². The number of hydrogen-bond donors (Lipinski definition) is 1. The fourth-order valence-electron chi connectivity index (χ4n) is 2.92. The Labute approximate surface area is 146 Å². The van der Waals surface area contributed by atoms with E-state index in [-0.39, 0.29) is 19.8 Å². The Hall–Kier alpha value is -2.27. The number of rotatable bonds is 4. The van der Waals surface area contributed by atoms with Crippen LogP contribution >= 0.6 is 0 Å². The maximum atomic E-state index is 13.3. The molecule has 4 nitrogen and oxygen atoms in total. The van der Waals surface area contributed by atoms with Crippen molar-refractivity contribution in [2.75, 3.05) is 26.4 Å². The molecule has 0 amide bonds. The first kappa shape index (κ1) is 11.3. The van der Waals surface area contributed by atoms with Gasteiger partial charge in [-0.1, -0.05) is 12.1 Å². The Kier molecular flexibility index (Phi) is 3.15. The molecule has 2 aliphatic rings. The SMILES string of the molecule is [2H]C1([2H])CC(c2ccc(F)cc2)[C@H](C([2H])([2H])Oc2ccc3c(c2)OCO3)CN1. The Morgan fingerprint density at radius 2 is 2.04 bits per heavy atom. The Bertz CT molecular complexity index is 863. The van der Waals surface area contributed by atoms with Crippen molar-refractivity contribution in [1.29, 1.82) is 0 Å². The average Bonchev–Trinajstić information content (AvgIpc) is 3.08. The Morgan fingerprint density at radius 3 is 2.92 bits per heavy atom. The van der Waals surface area contributed by atoms with E-state index in [1.165, 1.54) is 12.1 Å². The van der Waals surface area contributed by atoms with Crippen molar-refractivity contribution in [2.24, 2.45) is 5.92 Å². The third-order valence-electron chi connectivity index (χ3n) is 4.22. The molecule has 2 aliphatic heterocycles. The summed E-state index contributed by atoms with van der Waals surface area (Å²) in [6.07, 6.45) is 0.0489. The molecular weight excluding hydrogens is 309 g/mol. The van der Waals surface area contributed by atoms with Crippen LogP contribution in [0.1, 0.15) is 23.4 Å². The van der Waals surface area contributed by atoms with Gasteiger partial charge >= 0.3 is 0 Å². The van der Waals surface area contributed by atoms with Crippen molar-refractivity contribution in [2.45, 2.75) is 12.3 Å². The van der Waals surface area contributed by atoms with Gasteiger partial charge in [0.2, 0.25) is 6.79 Å². The zero-order valence-electron chi connectivity index (χ0n) is 16.9. The normalized spacial score (nSPS) is 27.5. The summed E-state index contributed by atoms with van der Waals surface area (Å²) < 4.78 is 62.7. The van der Waals surface area contributed by atoms with Gasteiger partial charge in [-0.05, 0) is 48.7 Å². The Balaban J connectivity index is 1.60. The lowest BCUT2D eigenvalue weighted by Crippen LogP contribution is -2.38. The van der Waals surface area contributed by atoms with Gasteiger partial charge in [-0.2, -0.15) is 0 Å². The highest BCUT2D eigenvalue weighted by atomic mass is 19.1. The fourth-order valence-corrected chi connectivity index (χ4v) is 2.92. The van der Waals surface area contributed by atoms with Crippen molar-refractivity contribution in [3.63, 3.8) is 0 Å². The van der Waals surface area contributed by atoms with Gasteiger partial charge in [0, 0.05) is 21.3 Å². The zero-order chi connectivity index (χ0) is 19.9. The number of hydrogen-bond acceptors (Lipinski definition) is 4. The summed E-state index contributed by atoms with van der Waals surface area (Å²) in [5, 5.41) is 2.75. The van der Waals surface area contributed by atoms with Crippen LogP contribution in [0.5, 0.6) is 17.2 Å². The first-order chi connectivity index (χ1) is 13.2. The monoisotopic (exact) mass is 333 g/mol. The molecule has 0 saturated carbocycles. The molecule has 4 rings (SSSR count). The molecule has 0 bridgehead atoms. The molecule has 1 saturated heterocycles. The van der Waals surface area contributed by atoms with Gasteiger partial charge in [0.15, 0.2) is 11.5 Å². The molecule has 0 spiro atoms. The minimum atomic E-state index is -2.10. The molecule has 2 heterocycles. The van der Waals surface area contributed by atoms with Crippen molar-refractivity contribution < 1.29 is 24.1 Å². The summed E-state index contributed by atoms with van der Waals surface area (Å²) in [4.78, 5) is 0. The van der Waals surface area contributed by atoms with E-state index in [0.717, 1.165) is 0 Å². The van der Waals surface area contributed by atoms with E-state index in [4.69, 9.17) is 19.7 Å². The molecule has 5 heteroatoms. The zero-order valence-corrected chi connectivity index (χ0v) is 12.9. The summed E-state index contributed by atoms with van der Waals surface area (Å²) in [6, 6.07) is 10.6. The van der Waals surface area contributed by atoms with Gasteiger partial charge < -0.3 is 19.5 Å². The highest BCUT2D eigenvalue weighted by molar-refractivity contribution is 5.46. The van der Waals surface area contributed by atoms with Gasteiger partial charge in [-0.15, -0.1) is 0 Å². The number of nitrogens with one attached hydrogen (secondary N) is 1. The molecule has 0 aromatic heterocycles. The third kappa shape index (κ3) is 3.17. The topological polar surface area (TPSA) is 39.7 Å². The first-order valence-corrected chi connectivity index (χ1v) is 7.83. The van der Waals surface area contributed by atoms with Crippen LogP contribution in [-0.2, 0) is 0 Å². The van der Waals surface area contributed by atoms with Crippen molar-refractivity contribution in [3.05, 3.63) is 53.8 Å². The van der Waals surface area contributed by atoms with Gasteiger partial charge in [0.05, 0.1) is 9.30 Å². The molecule has 0 radical (unpaired) electrons. The average molecular weight is 333 g/mol. The molecule has 2 aromatic carbocycles. The van der Waals surface area contributed by atoms with Crippen LogP contribution < -0.4 is 19.5 Å². The molecule has 1 N–H and O–H groups in total. The Morgan fingerprint density at radius 1 is 1.21 bits per heavy atom. The van der Waals surface area contributed by atoms with Crippen LogP contribution in [0.15, 0.2) is 42.5 Å². The lowest BCUT2D eigenvalue weighted by Gasteiger charge is -2.32. The summed E-state index contributed by atoms with van der Waals surface area (Å²) in [7, 11) is 0. The minimum Gasteiger partial charge on any atom is -0.493 e. The second kappa shape index (κ2) is 6.69. The van der Waals surface area contributed by atoms with E-state index in [9.17, 15) is 4.39 Å². The number of fused-ring (bicyclic) bond motifs is 1. The lowest BCUT2D eigenvalue weighted by atomic mass is 9.81. The van der Waals surface area contributed by atoms with Crippen LogP contribution in [0, 0.1) is 11.7 Å². The molecular formula is C19H20FNO3. The quantitative estimate of drug-likeness (QED) is 0.932. The van der Waals surface area contributed by atoms with Gasteiger partial charge in [0.1, 0.15) is 11.6 Å². The van der Waals surface area contributed by atoms with E-state index in [1.54, 1.807) is 30.3 Å². The molecule has 1 fully saturated rings. The van der Waals surface area contributed by atoms with Crippen LogP contribution in [0.2, 0.25) is 0 Å². The standard InChI is InChI=1S/C19H20FNO3/c20-15-3-1-13(2-4-15)17-7-8-21-10-14(17)11-22-16-5-6-18-19(9-16)24-12-23-18/h1-6,9,14,17,21H,7-8,10-12H2/t14-,17?/m0/s1/i8D2,11D2. The highest BCUT2D eigenvalue weighted by Gasteiger charge is 2.27. The van der Waals surface area contributed by atoms with E-state index >= 15 is 0 Å². The molecule has 1 unspecified atom stereocenters. The predicted molar refractivity (Wildman–Crippen MR) is 88.2 cm³/mol. The summed E-state index contributed by atoms with van der Waals surface area (Å²) in [5.74, 6) is -0.211. The van der Waals surface area contributed by atoms with Crippen LogP contribution in [0.25, 0.3) is 0 Å². The van der Waals surface area contributed by atoms with E-state index in [1.807, 2.05) is 0 Å². The number of halogens is 1. The molecule has 2 atom stereocenters. The molecule has 24 heavy (non-hydrogen) atoms. The number of piperidine rings is 1. The summed E-state index contributed by atoms with van der Waals surface area (Å²) >= 11 is 0. The highest BCUT2D eigenvalue weighted by Crippen LogP contribution is 2.36. The van der Waals surface area contributed by atoms with E-state index in [0.29, 0.717) is 22.8 Å². The molecule has 126 valence electrons. The summed E-state index contributed by atoms with van der Waals surface area (Å²) in [6.45, 7) is -3.56. The smallest absolute Gasteiger partial charge is 0.231 e. The fraction of sp³-hybridized carbons (Fsp3) is 0.368. The maximum Gasteiger partial charge on any atom is 0.231 e. The van der Waals surface area contributed by atoms with E-state index in [2.05, 4.69) is 5.32 Å².